The van der Waals surface area contributed by atoms with Gasteiger partial charge in [0.1, 0.15) is 0 Å². The SMILES string of the molecule is CCC1CN(C)CCCN1c1c(Cl)cc(N)cc1C(=O)O. The average molecular weight is 312 g/mol. The lowest BCUT2D eigenvalue weighted by atomic mass is 10.1. The zero-order chi connectivity index (χ0) is 15.6. The van der Waals surface area contributed by atoms with Gasteiger partial charge in [-0.05, 0) is 38.6 Å². The Balaban J connectivity index is 2.50. The first-order valence-corrected chi connectivity index (χ1v) is 7.59. The van der Waals surface area contributed by atoms with E-state index in [2.05, 4.69) is 23.8 Å². The van der Waals surface area contributed by atoms with E-state index in [4.69, 9.17) is 17.3 Å². The van der Waals surface area contributed by atoms with E-state index in [1.165, 1.54) is 6.07 Å². The van der Waals surface area contributed by atoms with Gasteiger partial charge < -0.3 is 20.6 Å². The van der Waals surface area contributed by atoms with Crippen LogP contribution in [0.2, 0.25) is 5.02 Å². The van der Waals surface area contributed by atoms with Crippen LogP contribution in [0.5, 0.6) is 0 Å². The number of anilines is 2. The summed E-state index contributed by atoms with van der Waals surface area (Å²) in [4.78, 5) is 16.0. The summed E-state index contributed by atoms with van der Waals surface area (Å²) in [6.07, 6.45) is 1.91. The van der Waals surface area contributed by atoms with Crippen LogP contribution in [0.4, 0.5) is 11.4 Å². The minimum Gasteiger partial charge on any atom is -0.478 e. The van der Waals surface area contributed by atoms with E-state index >= 15 is 0 Å². The lowest BCUT2D eigenvalue weighted by Gasteiger charge is -2.34. The maximum absolute atomic E-state index is 11.6. The van der Waals surface area contributed by atoms with Crippen LogP contribution in [-0.2, 0) is 0 Å². The van der Waals surface area contributed by atoms with E-state index in [-0.39, 0.29) is 11.6 Å². The van der Waals surface area contributed by atoms with Crippen molar-refractivity contribution in [2.45, 2.75) is 25.8 Å². The van der Waals surface area contributed by atoms with Gasteiger partial charge >= 0.3 is 5.97 Å². The summed E-state index contributed by atoms with van der Waals surface area (Å²) in [6, 6.07) is 3.37. The van der Waals surface area contributed by atoms with E-state index < -0.39 is 5.97 Å². The molecule has 1 aromatic carbocycles. The molecule has 6 heteroatoms. The smallest absolute Gasteiger partial charge is 0.337 e. The van der Waals surface area contributed by atoms with Crippen LogP contribution in [0.1, 0.15) is 30.1 Å². The molecule has 0 bridgehead atoms. The molecule has 0 aliphatic carbocycles. The molecule has 0 spiro atoms. The van der Waals surface area contributed by atoms with Crippen molar-refractivity contribution >= 4 is 28.9 Å². The Hall–Kier alpha value is -1.46. The molecule has 1 unspecified atom stereocenters. The van der Waals surface area contributed by atoms with Crippen LogP contribution in [0, 0.1) is 0 Å². The summed E-state index contributed by atoms with van der Waals surface area (Å²) in [5.74, 6) is -0.994. The number of nitrogens with zero attached hydrogens (tertiary/aromatic N) is 2. The largest absolute Gasteiger partial charge is 0.478 e. The Labute approximate surface area is 130 Å². The molecule has 1 saturated heterocycles. The number of hydrogen-bond acceptors (Lipinski definition) is 4. The molecule has 1 fully saturated rings. The summed E-state index contributed by atoms with van der Waals surface area (Å²) in [7, 11) is 2.09. The summed E-state index contributed by atoms with van der Waals surface area (Å²) in [5.41, 5.74) is 6.90. The second-order valence-electron chi connectivity index (χ2n) is 5.58. The normalized spacial score (nSPS) is 20.3. The molecule has 0 radical (unpaired) electrons. The van der Waals surface area contributed by atoms with Gasteiger partial charge in [-0.15, -0.1) is 0 Å². The van der Waals surface area contributed by atoms with Crippen LogP contribution in [0.25, 0.3) is 0 Å². The number of carboxylic acids is 1. The number of benzene rings is 1. The monoisotopic (exact) mass is 311 g/mol. The molecule has 116 valence electrons. The lowest BCUT2D eigenvalue weighted by molar-refractivity contribution is 0.0697. The Kier molecular flexibility index (Phi) is 4.96. The van der Waals surface area contributed by atoms with Gasteiger partial charge in [0.15, 0.2) is 0 Å². The molecule has 1 atom stereocenters. The highest BCUT2D eigenvalue weighted by molar-refractivity contribution is 6.34. The first-order valence-electron chi connectivity index (χ1n) is 7.21. The van der Waals surface area contributed by atoms with Crippen molar-refractivity contribution in [2.24, 2.45) is 0 Å². The van der Waals surface area contributed by atoms with Crippen molar-refractivity contribution in [1.82, 2.24) is 4.90 Å². The molecule has 0 saturated carbocycles. The van der Waals surface area contributed by atoms with Crippen LogP contribution in [-0.4, -0.2) is 48.7 Å². The Morgan fingerprint density at radius 1 is 1.48 bits per heavy atom. The third-order valence-electron chi connectivity index (χ3n) is 3.98. The van der Waals surface area contributed by atoms with E-state index in [1.807, 2.05) is 0 Å². The van der Waals surface area contributed by atoms with Gasteiger partial charge in [-0.25, -0.2) is 4.79 Å². The molecule has 1 heterocycles. The predicted molar refractivity (Wildman–Crippen MR) is 86.4 cm³/mol. The topological polar surface area (TPSA) is 69.8 Å². The number of carbonyl (C=O) groups is 1. The maximum Gasteiger partial charge on any atom is 0.337 e. The van der Waals surface area contributed by atoms with Gasteiger partial charge in [0.05, 0.1) is 16.3 Å². The Morgan fingerprint density at radius 2 is 2.19 bits per heavy atom. The van der Waals surface area contributed by atoms with E-state index in [0.717, 1.165) is 32.5 Å². The molecule has 3 N–H and O–H groups in total. The van der Waals surface area contributed by atoms with E-state index in [9.17, 15) is 9.90 Å². The Morgan fingerprint density at radius 3 is 2.81 bits per heavy atom. The van der Waals surface area contributed by atoms with Crippen molar-refractivity contribution in [2.75, 3.05) is 37.3 Å². The fourth-order valence-electron chi connectivity index (χ4n) is 2.96. The molecule has 1 aliphatic rings. The highest BCUT2D eigenvalue weighted by atomic mass is 35.5. The van der Waals surface area contributed by atoms with Gasteiger partial charge in [-0.1, -0.05) is 18.5 Å². The van der Waals surface area contributed by atoms with Gasteiger partial charge in [0.2, 0.25) is 0 Å². The molecular weight excluding hydrogens is 290 g/mol. The van der Waals surface area contributed by atoms with Crippen molar-refractivity contribution in [3.8, 4) is 0 Å². The highest BCUT2D eigenvalue weighted by Crippen LogP contribution is 2.35. The fraction of sp³-hybridized carbons (Fsp3) is 0.533. The first kappa shape index (κ1) is 15.9. The standard InChI is InChI=1S/C15H22ClN3O2/c1-3-11-9-18(2)5-4-6-19(11)14-12(15(20)21)7-10(17)8-13(14)16/h7-8,11H,3-6,9,17H2,1-2H3,(H,20,21). The minimum atomic E-state index is -0.994. The Bertz CT molecular complexity index is 536. The van der Waals surface area contributed by atoms with Crippen LogP contribution in [0.3, 0.4) is 0 Å². The number of halogens is 1. The molecule has 2 rings (SSSR count). The number of carboxylic acid groups (broad SMARTS) is 1. The third kappa shape index (κ3) is 3.41. The van der Waals surface area contributed by atoms with Gasteiger partial charge in [0.25, 0.3) is 0 Å². The summed E-state index contributed by atoms with van der Waals surface area (Å²) in [6.45, 7) is 4.81. The molecule has 5 nitrogen and oxygen atoms in total. The minimum absolute atomic E-state index is 0.183. The highest BCUT2D eigenvalue weighted by Gasteiger charge is 2.27. The van der Waals surface area contributed by atoms with Crippen molar-refractivity contribution in [1.29, 1.82) is 0 Å². The van der Waals surface area contributed by atoms with Gasteiger partial charge in [-0.3, -0.25) is 0 Å². The van der Waals surface area contributed by atoms with E-state index in [1.54, 1.807) is 6.07 Å². The van der Waals surface area contributed by atoms with Gasteiger partial charge in [-0.2, -0.15) is 0 Å². The number of hydrogen-bond donors (Lipinski definition) is 2. The number of rotatable bonds is 3. The average Bonchev–Trinajstić information content (AvgIpc) is 2.59. The second-order valence-corrected chi connectivity index (χ2v) is 5.98. The van der Waals surface area contributed by atoms with Crippen LogP contribution >= 0.6 is 11.6 Å². The predicted octanol–water partition coefficient (Wildman–Crippen LogP) is 2.54. The van der Waals surface area contributed by atoms with Crippen molar-refractivity contribution < 1.29 is 9.90 Å². The second kappa shape index (κ2) is 6.54. The van der Waals surface area contributed by atoms with Crippen LogP contribution in [0.15, 0.2) is 12.1 Å². The molecular formula is C15H22ClN3O2. The number of likely N-dealkylation sites (N-methyl/N-ethyl adjacent to an activating group) is 1. The summed E-state index contributed by atoms with van der Waals surface area (Å²) < 4.78 is 0. The molecule has 1 aliphatic heterocycles. The van der Waals surface area contributed by atoms with E-state index in [0.29, 0.717) is 16.4 Å². The number of nitrogens with two attached hydrogens (primary N) is 1. The molecule has 0 aromatic heterocycles. The quantitative estimate of drug-likeness (QED) is 0.840. The fourth-order valence-corrected chi connectivity index (χ4v) is 3.30. The zero-order valence-corrected chi connectivity index (χ0v) is 13.2. The third-order valence-corrected chi connectivity index (χ3v) is 4.26. The maximum atomic E-state index is 11.6. The lowest BCUT2D eigenvalue weighted by Crippen LogP contribution is -2.40. The zero-order valence-electron chi connectivity index (χ0n) is 12.5. The van der Waals surface area contributed by atoms with Crippen molar-refractivity contribution in [3.05, 3.63) is 22.7 Å². The van der Waals surface area contributed by atoms with Crippen molar-refractivity contribution in [3.63, 3.8) is 0 Å². The van der Waals surface area contributed by atoms with Crippen LogP contribution < -0.4 is 10.6 Å². The number of nitrogen functional groups attached to an aromatic ring is 1. The summed E-state index contributed by atoms with van der Waals surface area (Å²) >= 11 is 6.33. The number of aromatic carboxylic acids is 1. The first-order chi connectivity index (χ1) is 9.93. The molecule has 21 heavy (non-hydrogen) atoms. The molecule has 0 amide bonds. The summed E-state index contributed by atoms with van der Waals surface area (Å²) in [5, 5.41) is 9.89. The van der Waals surface area contributed by atoms with Gasteiger partial charge in [0, 0.05) is 24.8 Å². The molecule has 1 aromatic rings.